The van der Waals surface area contributed by atoms with Crippen LogP contribution in [0.5, 0.6) is 0 Å². The van der Waals surface area contributed by atoms with Gasteiger partial charge in [0.15, 0.2) is 5.13 Å². The number of rotatable bonds is 4. The molecule has 0 spiro atoms. The van der Waals surface area contributed by atoms with E-state index in [2.05, 4.69) is 34.5 Å². The minimum Gasteiger partial charge on any atom is -0.300 e. The van der Waals surface area contributed by atoms with Gasteiger partial charge in [-0.3, -0.25) is 19.5 Å². The van der Waals surface area contributed by atoms with Crippen molar-refractivity contribution in [3.05, 3.63) is 79.2 Å². The molecule has 2 N–H and O–H groups in total. The number of amides is 1. The third kappa shape index (κ3) is 3.69. The first-order valence-electron chi connectivity index (χ1n) is 9.39. The number of aromatic nitrogens is 3. The average molecular weight is 420 g/mol. The van der Waals surface area contributed by atoms with Crippen LogP contribution in [-0.2, 0) is 11.3 Å². The fourth-order valence-electron chi connectivity index (χ4n) is 3.69. The van der Waals surface area contributed by atoms with E-state index in [1.165, 1.54) is 16.9 Å². The number of hydrogen-bond acceptors (Lipinski definition) is 5. The summed E-state index contributed by atoms with van der Waals surface area (Å²) in [5, 5.41) is 8.07. The van der Waals surface area contributed by atoms with E-state index in [1.54, 1.807) is 24.3 Å². The van der Waals surface area contributed by atoms with Gasteiger partial charge in [0.1, 0.15) is 6.54 Å². The molecule has 0 unspecified atom stereocenters. The first-order chi connectivity index (χ1) is 14.3. The van der Waals surface area contributed by atoms with E-state index in [4.69, 9.17) is 0 Å². The third-order valence-corrected chi connectivity index (χ3v) is 5.63. The molecule has 0 fully saturated rings. The number of nitrogens with one attached hydrogen (secondary N) is 2. The van der Waals surface area contributed by atoms with Crippen LogP contribution in [0.25, 0.3) is 22.0 Å². The molecule has 0 aliphatic carbocycles. The van der Waals surface area contributed by atoms with E-state index in [9.17, 15) is 14.4 Å². The monoisotopic (exact) mass is 420 g/mol. The molecule has 0 atom stereocenters. The predicted octanol–water partition coefficient (Wildman–Crippen LogP) is 3.38. The van der Waals surface area contributed by atoms with E-state index in [0.29, 0.717) is 10.5 Å². The number of nitrogens with zero attached hydrogens (tertiary/aromatic N) is 2. The van der Waals surface area contributed by atoms with Crippen molar-refractivity contribution in [2.75, 3.05) is 5.32 Å². The van der Waals surface area contributed by atoms with Crippen molar-refractivity contribution in [1.29, 1.82) is 0 Å². The number of aromatic amines is 1. The lowest BCUT2D eigenvalue weighted by atomic mass is 9.98. The molecule has 2 aromatic heterocycles. The van der Waals surface area contributed by atoms with Crippen LogP contribution in [0.4, 0.5) is 5.13 Å². The van der Waals surface area contributed by atoms with Gasteiger partial charge in [0.05, 0.1) is 16.5 Å². The largest absolute Gasteiger partial charge is 0.300 e. The van der Waals surface area contributed by atoms with Crippen LogP contribution in [0.2, 0.25) is 0 Å². The summed E-state index contributed by atoms with van der Waals surface area (Å²) < 4.78 is 1.02. The van der Waals surface area contributed by atoms with Crippen LogP contribution >= 0.6 is 11.3 Å². The molecule has 4 rings (SSSR count). The standard InChI is InChI=1S/C22H20N4O3S/c1-12-8-13(2)19(14(3)9-12)17-11-30-22(23-17)24-18(27)10-26-21(29)16-7-5-4-6-15(16)20(28)25-26/h4-9,11H,10H2,1-3H3,(H,25,28)(H,23,24,27). The van der Waals surface area contributed by atoms with Crippen molar-refractivity contribution in [2.45, 2.75) is 27.3 Å². The van der Waals surface area contributed by atoms with Crippen LogP contribution in [0, 0.1) is 20.8 Å². The minimum absolute atomic E-state index is 0.274. The molecule has 8 heteroatoms. The lowest BCUT2D eigenvalue weighted by Crippen LogP contribution is -2.34. The van der Waals surface area contributed by atoms with Crippen LogP contribution in [0.1, 0.15) is 16.7 Å². The molecule has 0 saturated heterocycles. The zero-order chi connectivity index (χ0) is 21.4. The summed E-state index contributed by atoms with van der Waals surface area (Å²) in [6.45, 7) is 5.82. The molecule has 0 saturated carbocycles. The molecule has 0 aliphatic rings. The fraction of sp³-hybridized carbons (Fsp3) is 0.182. The maximum absolute atomic E-state index is 12.6. The van der Waals surface area contributed by atoms with Gasteiger partial charge >= 0.3 is 0 Å². The number of anilines is 1. The van der Waals surface area contributed by atoms with Crippen LogP contribution in [-0.4, -0.2) is 20.7 Å². The number of carbonyl (C=O) groups is 1. The molecular formula is C22H20N4O3S. The summed E-state index contributed by atoms with van der Waals surface area (Å²) in [4.78, 5) is 41.8. The Labute approximate surface area is 176 Å². The number of hydrogen-bond donors (Lipinski definition) is 2. The molecule has 0 radical (unpaired) electrons. The topological polar surface area (TPSA) is 96.9 Å². The lowest BCUT2D eigenvalue weighted by Gasteiger charge is -2.09. The highest BCUT2D eigenvalue weighted by atomic mass is 32.1. The second-order valence-corrected chi connectivity index (χ2v) is 8.10. The van der Waals surface area contributed by atoms with Gasteiger partial charge in [-0.05, 0) is 44.0 Å². The first kappa shape index (κ1) is 19.8. The number of H-pyrrole nitrogens is 1. The van der Waals surface area contributed by atoms with Gasteiger partial charge in [-0.2, -0.15) is 0 Å². The number of thiazole rings is 1. The smallest absolute Gasteiger partial charge is 0.273 e. The summed E-state index contributed by atoms with van der Waals surface area (Å²) in [6, 6.07) is 10.7. The second-order valence-electron chi connectivity index (χ2n) is 7.24. The summed E-state index contributed by atoms with van der Waals surface area (Å²) in [5.74, 6) is -0.443. The Balaban J connectivity index is 1.57. The molecule has 1 amide bonds. The maximum atomic E-state index is 12.6. The third-order valence-electron chi connectivity index (χ3n) is 4.87. The number of aryl methyl sites for hydroxylation is 3. The highest BCUT2D eigenvalue weighted by Crippen LogP contribution is 2.31. The maximum Gasteiger partial charge on any atom is 0.273 e. The van der Waals surface area contributed by atoms with Crippen molar-refractivity contribution in [3.8, 4) is 11.3 Å². The SMILES string of the molecule is Cc1cc(C)c(-c2csc(NC(=O)Cn3[nH]c(=O)c4ccccc4c3=O)n2)c(C)c1. The van der Waals surface area contributed by atoms with Gasteiger partial charge in [-0.1, -0.05) is 29.8 Å². The number of benzene rings is 2. The molecule has 0 bridgehead atoms. The van der Waals surface area contributed by atoms with E-state index >= 15 is 0 Å². The second kappa shape index (κ2) is 7.72. The summed E-state index contributed by atoms with van der Waals surface area (Å²) in [5.41, 5.74) is 4.43. The van der Waals surface area contributed by atoms with Crippen molar-refractivity contribution in [3.63, 3.8) is 0 Å². The summed E-state index contributed by atoms with van der Waals surface area (Å²) >= 11 is 1.31. The zero-order valence-electron chi connectivity index (χ0n) is 16.8. The Hall–Kier alpha value is -3.52. The predicted molar refractivity (Wildman–Crippen MR) is 119 cm³/mol. The average Bonchev–Trinajstić information content (AvgIpc) is 3.13. The Bertz CT molecular complexity index is 1370. The van der Waals surface area contributed by atoms with Gasteiger partial charge in [-0.25, -0.2) is 9.67 Å². The van der Waals surface area contributed by atoms with Crippen molar-refractivity contribution < 1.29 is 4.79 Å². The first-order valence-corrected chi connectivity index (χ1v) is 10.3. The summed E-state index contributed by atoms with van der Waals surface area (Å²) in [6.07, 6.45) is 0. The highest BCUT2D eigenvalue weighted by Gasteiger charge is 2.14. The Morgan fingerprint density at radius 1 is 1.10 bits per heavy atom. The molecule has 152 valence electrons. The van der Waals surface area contributed by atoms with Crippen LogP contribution in [0.15, 0.2) is 51.4 Å². The Morgan fingerprint density at radius 2 is 1.77 bits per heavy atom. The van der Waals surface area contributed by atoms with Gasteiger partial charge in [0.2, 0.25) is 5.91 Å². The van der Waals surface area contributed by atoms with E-state index in [1.807, 2.05) is 19.2 Å². The lowest BCUT2D eigenvalue weighted by molar-refractivity contribution is -0.117. The zero-order valence-corrected chi connectivity index (χ0v) is 17.6. The fourth-order valence-corrected chi connectivity index (χ4v) is 4.41. The van der Waals surface area contributed by atoms with Gasteiger partial charge < -0.3 is 5.32 Å². The van der Waals surface area contributed by atoms with Crippen LogP contribution in [0.3, 0.4) is 0 Å². The minimum atomic E-state index is -0.443. The van der Waals surface area contributed by atoms with Crippen molar-refractivity contribution in [2.24, 2.45) is 0 Å². The van der Waals surface area contributed by atoms with Crippen LogP contribution < -0.4 is 16.4 Å². The van der Waals surface area contributed by atoms with Gasteiger partial charge in [0, 0.05) is 10.9 Å². The normalized spacial score (nSPS) is 11.0. The summed E-state index contributed by atoms with van der Waals surface area (Å²) in [7, 11) is 0. The van der Waals surface area contributed by atoms with E-state index in [0.717, 1.165) is 27.1 Å². The molecule has 0 aliphatic heterocycles. The van der Waals surface area contributed by atoms with E-state index < -0.39 is 17.0 Å². The molecule has 2 aromatic carbocycles. The molecule has 2 heterocycles. The molecular weight excluding hydrogens is 400 g/mol. The van der Waals surface area contributed by atoms with Crippen molar-refractivity contribution >= 4 is 33.1 Å². The Morgan fingerprint density at radius 3 is 2.47 bits per heavy atom. The number of carbonyl (C=O) groups excluding carboxylic acids is 1. The Kier molecular flexibility index (Phi) is 5.09. The van der Waals surface area contributed by atoms with Crippen molar-refractivity contribution in [1.82, 2.24) is 14.8 Å². The highest BCUT2D eigenvalue weighted by molar-refractivity contribution is 7.14. The van der Waals surface area contributed by atoms with Gasteiger partial charge in [0.25, 0.3) is 11.1 Å². The quantitative estimate of drug-likeness (QED) is 0.529. The van der Waals surface area contributed by atoms with Gasteiger partial charge in [-0.15, -0.1) is 11.3 Å². The molecule has 30 heavy (non-hydrogen) atoms. The van der Waals surface area contributed by atoms with E-state index in [-0.39, 0.29) is 11.9 Å². The molecule has 7 nitrogen and oxygen atoms in total. The number of fused-ring (bicyclic) bond motifs is 1. The molecule has 4 aromatic rings.